The zero-order valence-electron chi connectivity index (χ0n) is 16.6. The highest BCUT2D eigenvalue weighted by atomic mass is 127. The van der Waals surface area contributed by atoms with Crippen molar-refractivity contribution < 1.29 is 4.74 Å². The molecule has 0 aliphatic carbocycles. The van der Waals surface area contributed by atoms with Crippen LogP contribution in [0.25, 0.3) is 0 Å². The van der Waals surface area contributed by atoms with Crippen molar-refractivity contribution in [3.05, 3.63) is 23.9 Å². The third-order valence-electron chi connectivity index (χ3n) is 4.93. The molecule has 0 bridgehead atoms. The van der Waals surface area contributed by atoms with Crippen molar-refractivity contribution in [1.82, 2.24) is 15.2 Å². The highest BCUT2D eigenvalue weighted by Crippen LogP contribution is 2.21. The molecule has 2 aliphatic heterocycles. The third kappa shape index (κ3) is 6.39. The molecule has 0 saturated carbocycles. The van der Waals surface area contributed by atoms with Gasteiger partial charge in [0.2, 0.25) is 0 Å². The number of hydrogen-bond donors (Lipinski definition) is 1. The van der Waals surface area contributed by atoms with E-state index in [-0.39, 0.29) is 30.1 Å². The van der Waals surface area contributed by atoms with Crippen molar-refractivity contribution in [3.63, 3.8) is 0 Å². The monoisotopic (exact) mass is 505 g/mol. The predicted octanol–water partition coefficient (Wildman–Crippen LogP) is 2.83. The molecule has 1 aromatic rings. The number of hydrogen-bond acceptors (Lipinski definition) is 5. The number of pyridine rings is 1. The van der Waals surface area contributed by atoms with Gasteiger partial charge in [-0.15, -0.1) is 24.0 Å². The second-order valence-electron chi connectivity index (χ2n) is 6.90. The maximum atomic E-state index is 5.60. The van der Waals surface area contributed by atoms with E-state index in [1.165, 1.54) is 17.7 Å². The van der Waals surface area contributed by atoms with E-state index in [1.807, 2.05) is 13.2 Å². The lowest BCUT2D eigenvalue weighted by Gasteiger charge is -2.34. The van der Waals surface area contributed by atoms with E-state index in [1.54, 1.807) is 0 Å². The van der Waals surface area contributed by atoms with Gasteiger partial charge >= 0.3 is 0 Å². The van der Waals surface area contributed by atoms with Crippen LogP contribution in [0.5, 0.6) is 0 Å². The summed E-state index contributed by atoms with van der Waals surface area (Å²) in [6.45, 7) is 9.85. The second-order valence-corrected chi connectivity index (χ2v) is 8.31. The Balaban J connectivity index is 0.00000261. The average molecular weight is 505 g/mol. The average Bonchev–Trinajstić information content (AvgIpc) is 2.69. The highest BCUT2D eigenvalue weighted by Gasteiger charge is 2.21. The minimum absolute atomic E-state index is 0. The molecule has 0 radical (unpaired) electrons. The summed E-state index contributed by atoms with van der Waals surface area (Å²) in [7, 11) is 1.87. The standard InChI is InChI=1S/C19H31N5OS.HI/c1-4-17-14-24(8-10-26-17)19(20-3)22-12-16-5-6-18(21-11-16)23-7-9-25-15(2)13-23;/h5-6,11,15,17H,4,7-10,12-14H2,1-3H3,(H,20,22);1H. The Bertz CT molecular complexity index is 600. The summed E-state index contributed by atoms with van der Waals surface area (Å²) < 4.78 is 5.60. The molecule has 0 amide bonds. The minimum Gasteiger partial charge on any atom is -0.375 e. The van der Waals surface area contributed by atoms with Crippen LogP contribution in [0, 0.1) is 0 Å². The number of aliphatic imine (C=N–C) groups is 1. The molecule has 2 unspecified atom stereocenters. The maximum absolute atomic E-state index is 5.60. The van der Waals surface area contributed by atoms with Crippen LogP contribution in [0.2, 0.25) is 0 Å². The van der Waals surface area contributed by atoms with Crippen LogP contribution in [-0.2, 0) is 11.3 Å². The Hall–Kier alpha value is -0.740. The third-order valence-corrected chi connectivity index (χ3v) is 6.30. The van der Waals surface area contributed by atoms with Gasteiger partial charge in [-0.2, -0.15) is 11.8 Å². The Labute approximate surface area is 184 Å². The van der Waals surface area contributed by atoms with Gasteiger partial charge in [0, 0.05) is 57.0 Å². The smallest absolute Gasteiger partial charge is 0.193 e. The molecular formula is C19H32IN5OS. The first-order valence-electron chi connectivity index (χ1n) is 9.58. The minimum atomic E-state index is 0. The van der Waals surface area contributed by atoms with Crippen LogP contribution in [0.1, 0.15) is 25.8 Å². The summed E-state index contributed by atoms with van der Waals surface area (Å²) in [5.74, 6) is 3.20. The molecule has 1 aromatic heterocycles. The predicted molar refractivity (Wildman–Crippen MR) is 126 cm³/mol. The lowest BCUT2D eigenvalue weighted by Crippen LogP contribution is -2.47. The summed E-state index contributed by atoms with van der Waals surface area (Å²) in [5.41, 5.74) is 1.18. The lowest BCUT2D eigenvalue weighted by atomic mass is 10.2. The van der Waals surface area contributed by atoms with Gasteiger partial charge in [-0.05, 0) is 25.0 Å². The molecular weight excluding hydrogens is 473 g/mol. The van der Waals surface area contributed by atoms with Gasteiger partial charge in [-0.1, -0.05) is 13.0 Å². The molecule has 2 aliphatic rings. The van der Waals surface area contributed by atoms with Crippen LogP contribution in [0.3, 0.4) is 0 Å². The van der Waals surface area contributed by atoms with Crippen molar-refractivity contribution in [2.75, 3.05) is 50.5 Å². The van der Waals surface area contributed by atoms with Crippen LogP contribution in [0.15, 0.2) is 23.3 Å². The van der Waals surface area contributed by atoms with Crippen molar-refractivity contribution in [2.24, 2.45) is 4.99 Å². The summed E-state index contributed by atoms with van der Waals surface area (Å²) >= 11 is 2.08. The first kappa shape index (κ1) is 22.5. The van der Waals surface area contributed by atoms with E-state index in [0.717, 1.165) is 51.1 Å². The van der Waals surface area contributed by atoms with Crippen molar-refractivity contribution in [2.45, 2.75) is 38.2 Å². The van der Waals surface area contributed by atoms with Gasteiger partial charge in [0.25, 0.3) is 0 Å². The fourth-order valence-corrected chi connectivity index (χ4v) is 4.59. The first-order chi connectivity index (χ1) is 12.7. The molecule has 152 valence electrons. The van der Waals surface area contributed by atoms with Crippen LogP contribution in [-0.4, -0.2) is 72.8 Å². The van der Waals surface area contributed by atoms with Crippen molar-refractivity contribution in [3.8, 4) is 0 Å². The van der Waals surface area contributed by atoms with Crippen molar-refractivity contribution >= 4 is 47.5 Å². The lowest BCUT2D eigenvalue weighted by molar-refractivity contribution is 0.0529. The van der Waals surface area contributed by atoms with Crippen LogP contribution in [0.4, 0.5) is 5.82 Å². The fourth-order valence-electron chi connectivity index (χ4n) is 3.41. The van der Waals surface area contributed by atoms with E-state index < -0.39 is 0 Å². The number of ether oxygens (including phenoxy) is 1. The molecule has 3 heterocycles. The Kier molecular flexibility index (Phi) is 9.44. The number of nitrogens with zero attached hydrogens (tertiary/aromatic N) is 4. The van der Waals surface area contributed by atoms with Crippen LogP contribution < -0.4 is 10.2 Å². The Morgan fingerprint density at radius 2 is 2.22 bits per heavy atom. The molecule has 2 saturated heterocycles. The van der Waals surface area contributed by atoms with Gasteiger partial charge in [-0.25, -0.2) is 4.98 Å². The maximum Gasteiger partial charge on any atom is 0.193 e. The number of rotatable bonds is 4. The number of thioether (sulfide) groups is 1. The number of morpholine rings is 1. The van der Waals surface area contributed by atoms with Gasteiger partial charge in [-0.3, -0.25) is 4.99 Å². The van der Waals surface area contributed by atoms with E-state index in [4.69, 9.17) is 4.74 Å². The quantitative estimate of drug-likeness (QED) is 0.386. The molecule has 0 aromatic carbocycles. The summed E-state index contributed by atoms with van der Waals surface area (Å²) in [6.07, 6.45) is 3.45. The number of halogens is 1. The van der Waals surface area contributed by atoms with Gasteiger partial charge in [0.1, 0.15) is 5.82 Å². The zero-order chi connectivity index (χ0) is 18.4. The molecule has 8 heteroatoms. The first-order valence-corrected chi connectivity index (χ1v) is 10.6. The molecule has 1 N–H and O–H groups in total. The SMILES string of the molecule is CCC1CN(C(=NC)NCc2ccc(N3CCOC(C)C3)nc2)CCS1.I. The number of aromatic nitrogens is 1. The topological polar surface area (TPSA) is 53.0 Å². The largest absolute Gasteiger partial charge is 0.375 e. The Morgan fingerprint density at radius 1 is 1.37 bits per heavy atom. The normalized spacial score (nSPS) is 23.7. The van der Waals surface area contributed by atoms with E-state index in [0.29, 0.717) is 5.25 Å². The summed E-state index contributed by atoms with van der Waals surface area (Å²) in [5, 5.41) is 4.21. The molecule has 3 rings (SSSR count). The molecule has 2 atom stereocenters. The van der Waals surface area contributed by atoms with Crippen molar-refractivity contribution in [1.29, 1.82) is 0 Å². The van der Waals surface area contributed by atoms with E-state index in [9.17, 15) is 0 Å². The fraction of sp³-hybridized carbons (Fsp3) is 0.684. The molecule has 2 fully saturated rings. The van der Waals surface area contributed by atoms with Gasteiger partial charge < -0.3 is 19.9 Å². The van der Waals surface area contributed by atoms with E-state index >= 15 is 0 Å². The molecule has 0 spiro atoms. The molecule has 27 heavy (non-hydrogen) atoms. The highest BCUT2D eigenvalue weighted by molar-refractivity contribution is 14.0. The van der Waals surface area contributed by atoms with Gasteiger partial charge in [0.05, 0.1) is 12.7 Å². The Morgan fingerprint density at radius 3 is 2.89 bits per heavy atom. The second kappa shape index (κ2) is 11.3. The van der Waals surface area contributed by atoms with E-state index in [2.05, 4.69) is 62.8 Å². The van der Waals surface area contributed by atoms with Crippen LogP contribution >= 0.6 is 35.7 Å². The number of anilines is 1. The number of nitrogens with one attached hydrogen (secondary N) is 1. The summed E-state index contributed by atoms with van der Waals surface area (Å²) in [6, 6.07) is 4.27. The van der Waals surface area contributed by atoms with Gasteiger partial charge in [0.15, 0.2) is 5.96 Å². The molecule has 6 nitrogen and oxygen atoms in total. The number of guanidine groups is 1. The summed E-state index contributed by atoms with van der Waals surface area (Å²) in [4.78, 5) is 13.8. The zero-order valence-corrected chi connectivity index (χ0v) is 19.7.